The number of hydrogen-bond acceptors (Lipinski definition) is 0. The zero-order valence-corrected chi connectivity index (χ0v) is 23.3. The van der Waals surface area contributed by atoms with E-state index in [9.17, 15) is 17.3 Å². The second-order valence-electron chi connectivity index (χ2n) is 7.85. The molecule has 0 aromatic heterocycles. The Morgan fingerprint density at radius 3 is 0.944 bits per heavy atom. The van der Waals surface area contributed by atoms with E-state index in [1.54, 1.807) is 0 Å². The van der Waals surface area contributed by atoms with Gasteiger partial charge in [0, 0.05) is 5.40 Å². The molecule has 190 valence electrons. The van der Waals surface area contributed by atoms with Crippen LogP contribution in [0.15, 0.2) is 121 Å². The third-order valence-corrected chi connectivity index (χ3v) is 11.8. The quantitative estimate of drug-likeness (QED) is 0.108. The Morgan fingerprint density at radius 2 is 0.750 bits per heavy atom. The summed E-state index contributed by atoms with van der Waals surface area (Å²) >= 11 is 0. The van der Waals surface area contributed by atoms with Crippen molar-refractivity contribution in [2.75, 3.05) is 0 Å². The number of hydrogen-bond donors (Lipinski definition) is 0. The minimum Gasteiger partial charge on any atom is -0.418 e. The molecule has 4 aromatic rings. The van der Waals surface area contributed by atoms with Crippen molar-refractivity contribution in [3.63, 3.8) is 0 Å². The van der Waals surface area contributed by atoms with Crippen molar-refractivity contribution in [1.29, 1.82) is 0 Å². The summed E-state index contributed by atoms with van der Waals surface area (Å²) in [6.07, 6.45) is 2.42. The normalized spacial score (nSPS) is 11.1. The molecule has 0 unspecified atom stereocenters. The van der Waals surface area contributed by atoms with Crippen LogP contribution < -0.4 is 21.2 Å². The molecule has 4 aromatic carbocycles. The zero-order chi connectivity index (χ0) is 25.1. The number of rotatable bonds is 8. The predicted octanol–water partition coefficient (Wildman–Crippen LogP) is 7.68. The minimum absolute atomic E-state index is 0. The minimum atomic E-state index is -6.00. The van der Waals surface area contributed by atoms with E-state index in [0.29, 0.717) is 5.40 Å². The van der Waals surface area contributed by atoms with Gasteiger partial charge in [0.1, 0.15) is 0 Å². The zero-order valence-electron chi connectivity index (χ0n) is 19.9. The third-order valence-electron chi connectivity index (χ3n) is 5.28. The van der Waals surface area contributed by atoms with Crippen molar-refractivity contribution in [2.24, 2.45) is 0 Å². The maximum absolute atomic E-state index is 9.75. The van der Waals surface area contributed by atoms with E-state index in [-0.39, 0.29) is 19.5 Å². The van der Waals surface area contributed by atoms with E-state index in [0.717, 1.165) is 0 Å². The van der Waals surface area contributed by atoms with Gasteiger partial charge < -0.3 is 17.3 Å². The monoisotopic (exact) mass is 616 g/mol. The van der Waals surface area contributed by atoms with Gasteiger partial charge >= 0.3 is 26.7 Å². The molecule has 0 amide bonds. The van der Waals surface area contributed by atoms with Crippen LogP contribution >= 0.6 is 15.8 Å². The fourth-order valence-electron chi connectivity index (χ4n) is 3.97. The first-order valence-corrected chi connectivity index (χ1v) is 14.4. The summed E-state index contributed by atoms with van der Waals surface area (Å²) in [5, 5.41) is 6.52. The molecule has 0 spiro atoms. The summed E-state index contributed by atoms with van der Waals surface area (Å²) in [6, 6.07) is 44.8. The summed E-state index contributed by atoms with van der Waals surface area (Å²) in [5.41, 5.74) is 0. The van der Waals surface area contributed by atoms with Crippen LogP contribution in [-0.2, 0) is 19.5 Å². The van der Waals surface area contributed by atoms with Gasteiger partial charge in [0.2, 0.25) is 0 Å². The Morgan fingerprint density at radius 1 is 0.528 bits per heavy atom. The Labute approximate surface area is 226 Å². The van der Waals surface area contributed by atoms with Gasteiger partial charge in [0.25, 0.3) is 0 Å². The van der Waals surface area contributed by atoms with Gasteiger partial charge in [0.05, 0.1) is 0 Å². The first kappa shape index (κ1) is 30.4. The molecule has 0 radical (unpaired) electrons. The van der Waals surface area contributed by atoms with Crippen molar-refractivity contribution in [2.45, 2.75) is 25.2 Å². The molecule has 8 heteroatoms. The van der Waals surface area contributed by atoms with Gasteiger partial charge in [0.15, 0.2) is 0 Å². The van der Waals surface area contributed by atoms with Crippen LogP contribution in [0.3, 0.4) is 0 Å². The Hall–Kier alpha value is -1.85. The second-order valence-corrected chi connectivity index (χ2v) is 13.0. The fraction of sp³-hybridized carbons (Fsp3) is 0.143. The van der Waals surface area contributed by atoms with Crippen molar-refractivity contribution in [1.82, 2.24) is 0 Å². The first-order valence-electron chi connectivity index (χ1n) is 11.5. The van der Waals surface area contributed by atoms with Crippen molar-refractivity contribution >= 4 is 44.3 Å². The third kappa shape index (κ3) is 9.55. The molecular weight excluding hydrogens is 588 g/mol. The molecule has 0 N–H and O–H groups in total. The van der Waals surface area contributed by atoms with Gasteiger partial charge in [-0.2, -0.15) is 0 Å². The van der Waals surface area contributed by atoms with Crippen LogP contribution in [-0.4, -0.2) is 12.7 Å². The van der Waals surface area contributed by atoms with Crippen LogP contribution in [0.1, 0.15) is 19.8 Å². The van der Waals surface area contributed by atoms with Crippen molar-refractivity contribution in [3.8, 4) is 0 Å². The smallest absolute Gasteiger partial charge is 0.418 e. The summed E-state index contributed by atoms with van der Waals surface area (Å²) in [6.45, 7) is 2.33. The Bertz CT molecular complexity index is 950. The van der Waals surface area contributed by atoms with E-state index < -0.39 is 23.1 Å². The predicted molar refractivity (Wildman–Crippen MR) is 147 cm³/mol. The van der Waals surface area contributed by atoms with Gasteiger partial charge in [-0.25, -0.2) is 0 Å². The molecular formula is C28H28BF4P2Rh. The maximum Gasteiger partial charge on any atom is 1.00 e. The van der Waals surface area contributed by atoms with Gasteiger partial charge in [-0.15, -0.1) is 0 Å². The molecule has 0 aliphatic rings. The summed E-state index contributed by atoms with van der Waals surface area (Å²) in [5.74, 6) is 0. The molecule has 0 aliphatic carbocycles. The summed E-state index contributed by atoms with van der Waals surface area (Å²) < 4.78 is 39.0. The van der Waals surface area contributed by atoms with Crippen LogP contribution in [0.5, 0.6) is 0 Å². The molecule has 36 heavy (non-hydrogen) atoms. The van der Waals surface area contributed by atoms with Crippen molar-refractivity contribution in [3.05, 3.63) is 121 Å². The van der Waals surface area contributed by atoms with Crippen LogP contribution in [0, 0.1) is 0 Å². The van der Waals surface area contributed by atoms with Crippen LogP contribution in [0.4, 0.5) is 17.3 Å². The second kappa shape index (κ2) is 15.4. The fourth-order valence-corrected chi connectivity index (χ4v) is 11.5. The topological polar surface area (TPSA) is 0 Å². The first-order chi connectivity index (χ1) is 16.9. The van der Waals surface area contributed by atoms with E-state index in [1.165, 1.54) is 34.1 Å². The Kier molecular flexibility index (Phi) is 13.0. The Balaban J connectivity index is 0.000000694. The van der Waals surface area contributed by atoms with E-state index in [4.69, 9.17) is 0 Å². The maximum atomic E-state index is 9.75. The van der Waals surface area contributed by atoms with Crippen LogP contribution in [0.25, 0.3) is 0 Å². The molecule has 0 aliphatic heterocycles. The number of halogens is 4. The molecule has 0 nitrogen and oxygen atoms in total. The summed E-state index contributed by atoms with van der Waals surface area (Å²) in [7, 11) is -6.96. The number of benzene rings is 4. The van der Waals surface area contributed by atoms with Gasteiger partial charge in [-0.05, 0) is 43.5 Å². The molecule has 0 heterocycles. The summed E-state index contributed by atoms with van der Waals surface area (Å²) in [4.78, 5) is 0. The standard InChI is InChI=1S/C28H28P2.BF4.Rh/c1-2-15-28(29(24-16-7-3-8-17-24)25-18-9-4-10-19-25)30(26-20-11-5-12-21-26)27-22-13-6-14-23-27;2-1(3,4)5;/h3-14,16-23,28H,2,15H2,1H3;;/q;-1;+1. The van der Waals surface area contributed by atoms with E-state index >= 15 is 0 Å². The molecule has 0 atom stereocenters. The SMILES string of the molecule is CCCC(P(c1ccccc1)c1ccccc1)P(c1ccccc1)c1ccccc1.F[B-](F)(F)F.[Rh+]. The average Bonchev–Trinajstić information content (AvgIpc) is 2.86. The van der Waals surface area contributed by atoms with Crippen LogP contribution in [0.2, 0.25) is 0 Å². The van der Waals surface area contributed by atoms with Crippen molar-refractivity contribution < 1.29 is 36.7 Å². The largest absolute Gasteiger partial charge is 1.00 e. The molecule has 0 bridgehead atoms. The molecule has 4 rings (SSSR count). The van der Waals surface area contributed by atoms with E-state index in [2.05, 4.69) is 128 Å². The van der Waals surface area contributed by atoms with E-state index in [1.807, 2.05) is 0 Å². The molecule has 0 saturated heterocycles. The molecule has 0 fully saturated rings. The van der Waals surface area contributed by atoms with Gasteiger partial charge in [-0.1, -0.05) is 135 Å². The average molecular weight is 616 g/mol. The van der Waals surface area contributed by atoms with Gasteiger partial charge in [-0.3, -0.25) is 0 Å². The molecule has 0 saturated carbocycles.